The van der Waals surface area contributed by atoms with E-state index in [1.165, 1.54) is 50.6 Å². The second-order valence-corrected chi connectivity index (χ2v) is 9.55. The third-order valence-corrected chi connectivity index (χ3v) is 8.64. The van der Waals surface area contributed by atoms with Crippen molar-refractivity contribution in [3.05, 3.63) is 18.1 Å². The van der Waals surface area contributed by atoms with Gasteiger partial charge in [0.25, 0.3) is 0 Å². The van der Waals surface area contributed by atoms with Crippen LogP contribution in [0.15, 0.2) is 11.6 Å². The van der Waals surface area contributed by atoms with Crippen molar-refractivity contribution >= 4 is 12.3 Å². The Kier molecular flexibility index (Phi) is 8.54. The van der Waals surface area contributed by atoms with Gasteiger partial charge in [0.1, 0.15) is 0 Å². The van der Waals surface area contributed by atoms with E-state index in [0.717, 1.165) is 36.5 Å². The normalized spacial score (nSPS) is 41.1. The molecule has 3 unspecified atom stereocenters. The van der Waals surface area contributed by atoms with Crippen LogP contribution in [0, 0.1) is 40.9 Å². The fourth-order valence-corrected chi connectivity index (χ4v) is 7.21. The second kappa shape index (κ2) is 9.86. The van der Waals surface area contributed by atoms with E-state index >= 15 is 0 Å². The van der Waals surface area contributed by atoms with E-state index in [1.807, 2.05) is 6.08 Å². The molecule has 3 fully saturated rings. The Morgan fingerprint density at radius 2 is 1.89 bits per heavy atom. The zero-order chi connectivity index (χ0) is 19.7. The molecule has 4 aliphatic carbocycles. The van der Waals surface area contributed by atoms with E-state index in [9.17, 15) is 4.79 Å². The molecule has 4 heteroatoms. The smallest absolute Gasteiger partial charge is 0.155 e. The maximum absolute atomic E-state index is 11.9. The number of allylic oxidation sites excluding steroid dienone is 1. The molecule has 0 N–H and O–H groups in total. The van der Waals surface area contributed by atoms with E-state index in [2.05, 4.69) is 31.9 Å². The minimum Gasteiger partial charge on any atom is -0.653 e. The molecular formula is C24H36O3Y-2. The number of fused-ring (bicyclic) bond motifs is 5. The fraction of sp³-hybridized carbons (Fsp3) is 0.792. The summed E-state index contributed by atoms with van der Waals surface area (Å²) in [7, 11) is 0. The Labute approximate surface area is 196 Å². The van der Waals surface area contributed by atoms with Gasteiger partial charge in [-0.2, -0.15) is 12.8 Å². The standard InChI is InChI=1S/C21H31O.C3H5O2.Y/c1-4-14-6-8-18-17-7-5-15-13-16(22)9-11-21(15,3)19(17)10-12-20(14,18)2;1-2-5-3-4;/h4,13-14,17-19H,5-12H2,1-3H3;2H2,1H3;/q2*-1;/t14-,17?,18?,19?,20+,21-;;/m0../s1. The van der Waals surface area contributed by atoms with E-state index in [-0.39, 0.29) is 32.7 Å². The van der Waals surface area contributed by atoms with Gasteiger partial charge in [-0.3, -0.25) is 4.79 Å². The van der Waals surface area contributed by atoms with Gasteiger partial charge >= 0.3 is 0 Å². The van der Waals surface area contributed by atoms with Gasteiger partial charge in [0.2, 0.25) is 0 Å². The van der Waals surface area contributed by atoms with Gasteiger partial charge in [0.15, 0.2) is 5.78 Å². The third-order valence-electron chi connectivity index (χ3n) is 8.64. The molecule has 28 heavy (non-hydrogen) atoms. The molecule has 0 aromatic carbocycles. The molecule has 0 amide bonds. The molecule has 0 heterocycles. The summed E-state index contributed by atoms with van der Waals surface area (Å²) in [4.78, 5) is 20.9. The zero-order valence-corrected chi connectivity index (χ0v) is 21.0. The quantitative estimate of drug-likeness (QED) is 0.526. The molecule has 0 aliphatic heterocycles. The van der Waals surface area contributed by atoms with Crippen molar-refractivity contribution in [2.24, 2.45) is 34.5 Å². The maximum atomic E-state index is 11.9. The van der Waals surface area contributed by atoms with Crippen molar-refractivity contribution in [2.75, 3.05) is 6.61 Å². The van der Waals surface area contributed by atoms with E-state index in [4.69, 9.17) is 4.79 Å². The first-order valence-corrected chi connectivity index (χ1v) is 10.9. The van der Waals surface area contributed by atoms with Gasteiger partial charge in [-0.15, -0.1) is 0 Å². The number of ether oxygens (including phenoxy) is 1. The molecule has 155 valence electrons. The molecule has 3 saturated carbocycles. The largest absolute Gasteiger partial charge is 0.653 e. The van der Waals surface area contributed by atoms with Crippen molar-refractivity contribution < 1.29 is 47.0 Å². The summed E-state index contributed by atoms with van der Waals surface area (Å²) in [6, 6.07) is 0. The average Bonchev–Trinajstić information content (AvgIpc) is 3.00. The first kappa shape index (κ1) is 24.3. The number of hydrogen-bond acceptors (Lipinski definition) is 3. The number of carbonyl (C=O) groups is 1. The molecule has 1 radical (unpaired) electrons. The number of hydrogen-bond donors (Lipinski definition) is 0. The van der Waals surface area contributed by atoms with Crippen LogP contribution in [-0.2, 0) is 47.0 Å². The van der Waals surface area contributed by atoms with Crippen LogP contribution in [0.4, 0.5) is 0 Å². The van der Waals surface area contributed by atoms with Crippen LogP contribution >= 0.6 is 0 Å². The van der Waals surface area contributed by atoms with Crippen molar-refractivity contribution in [1.82, 2.24) is 0 Å². The predicted octanol–water partition coefficient (Wildman–Crippen LogP) is 5.45. The Morgan fingerprint density at radius 3 is 2.50 bits per heavy atom. The van der Waals surface area contributed by atoms with Crippen molar-refractivity contribution in [2.45, 2.75) is 79.1 Å². The fourth-order valence-electron chi connectivity index (χ4n) is 7.21. The molecular weight excluding hydrogens is 425 g/mol. The summed E-state index contributed by atoms with van der Waals surface area (Å²) in [6.07, 6.45) is 14.6. The molecule has 4 aliphatic rings. The SMILES string of the molecule is CCO[C-]=O.C[CH-][C@H]1CCC2C3CCC4=CC(=O)CC[C@]4(C)C3CC[C@@]21C.[Y]. The van der Waals surface area contributed by atoms with Gasteiger partial charge in [0, 0.05) is 45.7 Å². The van der Waals surface area contributed by atoms with Crippen LogP contribution in [0.1, 0.15) is 79.1 Å². The zero-order valence-electron chi connectivity index (χ0n) is 18.1. The Balaban J connectivity index is 0.000000420. The molecule has 0 aromatic heterocycles. The van der Waals surface area contributed by atoms with Crippen LogP contribution in [0.25, 0.3) is 0 Å². The predicted molar refractivity (Wildman–Crippen MR) is 107 cm³/mol. The van der Waals surface area contributed by atoms with Gasteiger partial charge in [-0.1, -0.05) is 44.1 Å². The van der Waals surface area contributed by atoms with Gasteiger partial charge < -0.3 is 16.0 Å². The van der Waals surface area contributed by atoms with Gasteiger partial charge in [-0.05, 0) is 68.3 Å². The van der Waals surface area contributed by atoms with Crippen LogP contribution in [0.5, 0.6) is 0 Å². The van der Waals surface area contributed by atoms with E-state index in [0.29, 0.717) is 23.2 Å². The monoisotopic (exact) mass is 461 g/mol. The summed E-state index contributed by atoms with van der Waals surface area (Å²) in [5, 5.41) is 0. The minimum atomic E-state index is 0. The Morgan fingerprint density at radius 1 is 1.14 bits per heavy atom. The number of ketones is 1. The van der Waals surface area contributed by atoms with Crippen LogP contribution in [0.3, 0.4) is 0 Å². The Hall–Kier alpha value is -0.0161. The van der Waals surface area contributed by atoms with Crippen molar-refractivity contribution in [3.63, 3.8) is 0 Å². The molecule has 0 bridgehead atoms. The van der Waals surface area contributed by atoms with Gasteiger partial charge in [0.05, 0.1) is 0 Å². The first-order chi connectivity index (χ1) is 12.9. The molecule has 0 saturated heterocycles. The number of carbonyl (C=O) groups excluding carboxylic acids is 2. The van der Waals surface area contributed by atoms with Crippen LogP contribution in [0.2, 0.25) is 0 Å². The molecule has 3 nitrogen and oxygen atoms in total. The first-order valence-electron chi connectivity index (χ1n) is 10.9. The van der Waals surface area contributed by atoms with Crippen LogP contribution in [-0.4, -0.2) is 18.9 Å². The van der Waals surface area contributed by atoms with E-state index < -0.39 is 0 Å². The van der Waals surface area contributed by atoms with Crippen LogP contribution < -0.4 is 0 Å². The third kappa shape index (κ3) is 4.22. The van der Waals surface area contributed by atoms with E-state index in [1.54, 1.807) is 6.92 Å². The molecule has 0 spiro atoms. The number of rotatable bonds is 3. The van der Waals surface area contributed by atoms with Gasteiger partial charge in [-0.25, -0.2) is 0 Å². The second-order valence-electron chi connectivity index (χ2n) is 9.55. The summed E-state index contributed by atoms with van der Waals surface area (Å²) in [5.41, 5.74) is 2.41. The van der Waals surface area contributed by atoms with Crippen molar-refractivity contribution in [1.29, 1.82) is 0 Å². The molecule has 0 aromatic rings. The average molecular weight is 461 g/mol. The molecule has 4 rings (SSSR count). The summed E-state index contributed by atoms with van der Waals surface area (Å²) < 4.78 is 4.03. The molecule has 6 atom stereocenters. The maximum Gasteiger partial charge on any atom is 0.155 e. The summed E-state index contributed by atoms with van der Waals surface area (Å²) >= 11 is 0. The minimum absolute atomic E-state index is 0. The topological polar surface area (TPSA) is 43.4 Å². The summed E-state index contributed by atoms with van der Waals surface area (Å²) in [6.45, 7) is 10.8. The summed E-state index contributed by atoms with van der Waals surface area (Å²) in [5.74, 6) is 3.92. The van der Waals surface area contributed by atoms with Crippen molar-refractivity contribution in [3.8, 4) is 0 Å². The Bertz CT molecular complexity index is 601.